The summed E-state index contributed by atoms with van der Waals surface area (Å²) in [6, 6.07) is 18.4. The van der Waals surface area contributed by atoms with Crippen LogP contribution in [0.15, 0.2) is 71.7 Å². The summed E-state index contributed by atoms with van der Waals surface area (Å²) < 4.78 is 24.0. The van der Waals surface area contributed by atoms with E-state index < -0.39 is 6.10 Å². The predicted octanol–water partition coefficient (Wildman–Crippen LogP) is 4.70. The van der Waals surface area contributed by atoms with Crippen molar-refractivity contribution in [3.63, 3.8) is 0 Å². The molecule has 0 fully saturated rings. The number of fused-ring (bicyclic) bond motifs is 5. The van der Waals surface area contributed by atoms with Crippen LogP contribution in [-0.4, -0.2) is 42.7 Å². The zero-order valence-electron chi connectivity index (χ0n) is 22.5. The summed E-state index contributed by atoms with van der Waals surface area (Å²) in [5.74, 6) is 1.82. The van der Waals surface area contributed by atoms with Gasteiger partial charge in [-0.1, -0.05) is 12.1 Å². The third kappa shape index (κ3) is 3.98. The Bertz CT molecular complexity index is 1970. The largest absolute Gasteiger partial charge is 0.497 e. The lowest BCUT2D eigenvalue weighted by Crippen LogP contribution is -2.35. The number of aromatic nitrogens is 2. The molecule has 1 N–H and O–H groups in total. The SMILES string of the molecule is COc1cccc(CNC(=O)[C@@H](C)Oc2ccc3c(c2)c2ccnc4c5ccc(OC)c(OC)c5c(=O)n3c24)c1. The van der Waals surface area contributed by atoms with Gasteiger partial charge in [0.05, 0.1) is 43.3 Å². The molecule has 6 aromatic rings. The molecule has 0 aliphatic heterocycles. The summed E-state index contributed by atoms with van der Waals surface area (Å²) in [4.78, 5) is 31.3. The third-order valence-corrected chi connectivity index (χ3v) is 7.15. The molecule has 9 nitrogen and oxygen atoms in total. The number of carbonyl (C=O) groups excluding carboxylic acids is 1. The molecular weight excluding hydrogens is 510 g/mol. The molecule has 40 heavy (non-hydrogen) atoms. The summed E-state index contributed by atoms with van der Waals surface area (Å²) in [6.45, 7) is 2.05. The lowest BCUT2D eigenvalue weighted by Gasteiger charge is -2.15. The highest BCUT2D eigenvalue weighted by atomic mass is 16.5. The molecule has 0 aliphatic rings. The molecule has 0 saturated heterocycles. The maximum Gasteiger partial charge on any atom is 0.267 e. The van der Waals surface area contributed by atoms with Crippen molar-refractivity contribution in [2.75, 3.05) is 21.3 Å². The van der Waals surface area contributed by atoms with Crippen molar-refractivity contribution in [2.24, 2.45) is 0 Å². The Morgan fingerprint density at radius 1 is 0.925 bits per heavy atom. The van der Waals surface area contributed by atoms with Crippen LogP contribution in [-0.2, 0) is 11.3 Å². The number of hydrogen-bond donors (Lipinski definition) is 1. The van der Waals surface area contributed by atoms with Crippen LogP contribution in [0.1, 0.15) is 12.5 Å². The zero-order chi connectivity index (χ0) is 28.0. The first-order valence-corrected chi connectivity index (χ1v) is 12.8. The van der Waals surface area contributed by atoms with E-state index >= 15 is 0 Å². The molecule has 3 heterocycles. The minimum absolute atomic E-state index is 0.231. The number of benzene rings is 3. The van der Waals surface area contributed by atoms with Gasteiger partial charge in [-0.25, -0.2) is 0 Å². The fourth-order valence-corrected chi connectivity index (χ4v) is 5.25. The molecule has 3 aromatic carbocycles. The highest BCUT2D eigenvalue weighted by Gasteiger charge is 2.23. The van der Waals surface area contributed by atoms with Crippen molar-refractivity contribution in [1.29, 1.82) is 0 Å². The quantitative estimate of drug-likeness (QED) is 0.281. The van der Waals surface area contributed by atoms with Gasteiger partial charge in [-0.05, 0) is 61.0 Å². The van der Waals surface area contributed by atoms with Crippen LogP contribution in [0.25, 0.3) is 38.1 Å². The number of rotatable bonds is 8. The standard InChI is InChI=1S/C31H27N3O6/c1-17(30(35)33-16-18-6-5-7-19(14-18)37-2)40-20-8-10-24-23(15-20)21-12-13-32-27-22-9-11-25(38-3)29(39-4)26(22)31(36)34(24)28(21)27/h5-15,17H,16H2,1-4H3,(H,33,35)/t17-/m1/s1. The maximum atomic E-state index is 13.9. The van der Waals surface area contributed by atoms with Crippen molar-refractivity contribution < 1.29 is 23.7 Å². The van der Waals surface area contributed by atoms with E-state index in [1.54, 1.807) is 36.8 Å². The van der Waals surface area contributed by atoms with Gasteiger partial charge in [0.1, 0.15) is 11.5 Å². The second-order valence-electron chi connectivity index (χ2n) is 9.43. The average Bonchev–Trinajstić information content (AvgIpc) is 3.32. The van der Waals surface area contributed by atoms with E-state index in [9.17, 15) is 9.59 Å². The number of ether oxygens (including phenoxy) is 4. The van der Waals surface area contributed by atoms with Gasteiger partial charge in [0.25, 0.3) is 11.5 Å². The Kier molecular flexibility index (Phi) is 6.26. The van der Waals surface area contributed by atoms with Gasteiger partial charge in [-0.2, -0.15) is 0 Å². The first-order chi connectivity index (χ1) is 19.4. The molecule has 202 valence electrons. The highest BCUT2D eigenvalue weighted by Crippen LogP contribution is 2.39. The minimum Gasteiger partial charge on any atom is -0.497 e. The van der Waals surface area contributed by atoms with Crippen molar-refractivity contribution >= 4 is 44.0 Å². The molecule has 0 radical (unpaired) electrons. The van der Waals surface area contributed by atoms with Crippen LogP contribution < -0.4 is 29.8 Å². The number of carbonyl (C=O) groups is 1. The number of nitrogens with one attached hydrogen (secondary N) is 1. The number of pyridine rings is 2. The van der Waals surface area contributed by atoms with Gasteiger partial charge in [0, 0.05) is 28.9 Å². The van der Waals surface area contributed by atoms with Gasteiger partial charge >= 0.3 is 0 Å². The number of nitrogens with zero attached hydrogens (tertiary/aromatic N) is 2. The highest BCUT2D eigenvalue weighted by molar-refractivity contribution is 6.19. The van der Waals surface area contributed by atoms with Crippen molar-refractivity contribution in [1.82, 2.24) is 14.7 Å². The van der Waals surface area contributed by atoms with E-state index in [1.165, 1.54) is 14.2 Å². The van der Waals surface area contributed by atoms with Crippen LogP contribution in [0.5, 0.6) is 23.0 Å². The Hall–Kier alpha value is -5.05. The molecule has 0 spiro atoms. The molecule has 1 amide bonds. The molecule has 0 aliphatic carbocycles. The Balaban J connectivity index is 1.38. The number of amides is 1. The topological polar surface area (TPSA) is 100 Å². The molecular formula is C31H27N3O6. The van der Waals surface area contributed by atoms with Crippen molar-refractivity contribution in [3.05, 3.63) is 82.8 Å². The summed E-state index contributed by atoms with van der Waals surface area (Å²) in [7, 11) is 4.65. The van der Waals surface area contributed by atoms with E-state index in [0.717, 1.165) is 22.1 Å². The molecule has 0 bridgehead atoms. The molecule has 1 atom stereocenters. The molecule has 0 saturated carbocycles. The smallest absolute Gasteiger partial charge is 0.267 e. The van der Waals surface area contributed by atoms with Gasteiger partial charge in [-0.3, -0.25) is 19.0 Å². The van der Waals surface area contributed by atoms with E-state index in [2.05, 4.69) is 10.3 Å². The van der Waals surface area contributed by atoms with Gasteiger partial charge < -0.3 is 24.3 Å². The van der Waals surface area contributed by atoms with Crippen LogP contribution in [0.3, 0.4) is 0 Å². The first-order valence-electron chi connectivity index (χ1n) is 12.8. The van der Waals surface area contributed by atoms with Crippen molar-refractivity contribution in [2.45, 2.75) is 19.6 Å². The van der Waals surface area contributed by atoms with E-state index in [4.69, 9.17) is 18.9 Å². The lowest BCUT2D eigenvalue weighted by molar-refractivity contribution is -0.127. The normalized spacial score (nSPS) is 12.2. The molecule has 9 heteroatoms. The number of methoxy groups -OCH3 is 3. The van der Waals surface area contributed by atoms with Crippen LogP contribution in [0.2, 0.25) is 0 Å². The van der Waals surface area contributed by atoms with E-state index in [-0.39, 0.29) is 11.5 Å². The minimum atomic E-state index is -0.744. The first kappa shape index (κ1) is 25.2. The second kappa shape index (κ2) is 9.92. The van der Waals surface area contributed by atoms with E-state index in [1.807, 2.05) is 48.5 Å². The second-order valence-corrected chi connectivity index (χ2v) is 9.43. The lowest BCUT2D eigenvalue weighted by atomic mass is 10.1. The number of hydrogen-bond acceptors (Lipinski definition) is 7. The monoisotopic (exact) mass is 537 g/mol. The third-order valence-electron chi connectivity index (χ3n) is 7.15. The fraction of sp³-hybridized carbons (Fsp3) is 0.194. The van der Waals surface area contributed by atoms with Crippen LogP contribution in [0, 0.1) is 0 Å². The van der Waals surface area contributed by atoms with Crippen LogP contribution >= 0.6 is 0 Å². The molecule has 0 unspecified atom stereocenters. The van der Waals surface area contributed by atoms with E-state index in [0.29, 0.717) is 51.1 Å². The van der Waals surface area contributed by atoms with Gasteiger partial charge in [-0.15, -0.1) is 0 Å². The summed E-state index contributed by atoms with van der Waals surface area (Å²) >= 11 is 0. The zero-order valence-corrected chi connectivity index (χ0v) is 22.5. The molecule has 3 aromatic heterocycles. The molecule has 6 rings (SSSR count). The predicted molar refractivity (Wildman–Crippen MR) is 153 cm³/mol. The average molecular weight is 538 g/mol. The Morgan fingerprint density at radius 3 is 2.55 bits per heavy atom. The summed E-state index contributed by atoms with van der Waals surface area (Å²) in [6.07, 6.45) is 0.979. The van der Waals surface area contributed by atoms with Gasteiger partial charge in [0.15, 0.2) is 17.6 Å². The Morgan fingerprint density at radius 2 is 1.77 bits per heavy atom. The van der Waals surface area contributed by atoms with Crippen molar-refractivity contribution in [3.8, 4) is 23.0 Å². The van der Waals surface area contributed by atoms with Crippen LogP contribution in [0.4, 0.5) is 0 Å². The fourth-order valence-electron chi connectivity index (χ4n) is 5.25. The Labute approximate surface area is 229 Å². The van der Waals surface area contributed by atoms with Gasteiger partial charge in [0.2, 0.25) is 0 Å². The maximum absolute atomic E-state index is 13.9. The summed E-state index contributed by atoms with van der Waals surface area (Å²) in [5.41, 5.74) is 2.78. The summed E-state index contributed by atoms with van der Waals surface area (Å²) in [5, 5.41) is 5.65.